The molecule has 2 heterocycles. The van der Waals surface area contributed by atoms with Crippen molar-refractivity contribution in [2.75, 3.05) is 6.61 Å². The van der Waals surface area contributed by atoms with Gasteiger partial charge < -0.3 is 24.1 Å². The largest absolute Gasteiger partial charge is 0.586 e. The molecule has 1 aromatic heterocycles. The number of aliphatic carboxylic acids is 1. The number of alkyl halides is 5. The van der Waals surface area contributed by atoms with Crippen molar-refractivity contribution in [3.63, 3.8) is 0 Å². The van der Waals surface area contributed by atoms with Crippen LogP contribution in [0.25, 0.3) is 5.69 Å². The van der Waals surface area contributed by atoms with E-state index < -0.39 is 30.2 Å². The summed E-state index contributed by atoms with van der Waals surface area (Å²) in [7, 11) is 0. The van der Waals surface area contributed by atoms with Crippen LogP contribution >= 0.6 is 0 Å². The maximum Gasteiger partial charge on any atom is 0.586 e. The number of halogens is 5. The SMILES string of the molecule is C=C(CCOC1CCCc2c(C(F)(F)F)nn(-c3cccc(OCc4ccc5c(c4)OC(F)(F)O5)c3)c21)C(=O)O. The molecule has 0 saturated carbocycles. The van der Waals surface area contributed by atoms with Gasteiger partial charge in [0.2, 0.25) is 0 Å². The number of hydrogen-bond donors (Lipinski definition) is 1. The first-order valence-electron chi connectivity index (χ1n) is 12.2. The highest BCUT2D eigenvalue weighted by Gasteiger charge is 2.44. The number of carboxylic acids is 1. The zero-order valence-electron chi connectivity index (χ0n) is 20.8. The van der Waals surface area contributed by atoms with Gasteiger partial charge in [-0.25, -0.2) is 9.48 Å². The second kappa shape index (κ2) is 10.5. The Labute approximate surface area is 224 Å². The van der Waals surface area contributed by atoms with Gasteiger partial charge in [-0.2, -0.15) is 18.3 Å². The normalized spacial score (nSPS) is 17.4. The van der Waals surface area contributed by atoms with E-state index in [4.69, 9.17) is 14.6 Å². The molecule has 0 spiro atoms. The predicted molar refractivity (Wildman–Crippen MR) is 129 cm³/mol. The fourth-order valence-electron chi connectivity index (χ4n) is 4.61. The number of benzene rings is 2. The molecule has 1 aliphatic heterocycles. The van der Waals surface area contributed by atoms with Crippen LogP contribution in [-0.2, 0) is 28.7 Å². The van der Waals surface area contributed by atoms with E-state index in [1.54, 1.807) is 18.2 Å². The number of nitrogens with zero attached hydrogens (tertiary/aromatic N) is 2. The quantitative estimate of drug-likeness (QED) is 0.243. The molecule has 1 atom stereocenters. The van der Waals surface area contributed by atoms with Crippen molar-refractivity contribution in [2.45, 2.75) is 50.9 Å². The maximum atomic E-state index is 13.9. The summed E-state index contributed by atoms with van der Waals surface area (Å²) in [5, 5.41) is 12.9. The van der Waals surface area contributed by atoms with Crippen LogP contribution in [-0.4, -0.2) is 33.8 Å². The first-order valence-corrected chi connectivity index (χ1v) is 12.2. The molecule has 40 heavy (non-hydrogen) atoms. The van der Waals surface area contributed by atoms with Gasteiger partial charge in [-0.1, -0.05) is 18.7 Å². The molecule has 8 nitrogen and oxygen atoms in total. The molecule has 2 aliphatic rings. The standard InChI is InChI=1S/C27H23F5N2O6/c1-15(25(35)36)10-11-37-21-7-3-6-19-23(21)34(33-24(19)26(28,29)30)17-4-2-5-18(13-17)38-14-16-8-9-20-22(12-16)40-27(31,32)39-20/h2,4-5,8-9,12-13,21H,1,3,6-7,10-11,14H2,(H,35,36). The first-order chi connectivity index (χ1) is 18.9. The fraction of sp³-hybridized carbons (Fsp3) is 0.333. The van der Waals surface area contributed by atoms with Crippen molar-refractivity contribution in [2.24, 2.45) is 0 Å². The first kappa shape index (κ1) is 27.4. The highest BCUT2D eigenvalue weighted by Crippen LogP contribution is 2.43. The fourth-order valence-corrected chi connectivity index (χ4v) is 4.61. The van der Waals surface area contributed by atoms with Crippen LogP contribution in [0, 0.1) is 0 Å². The summed E-state index contributed by atoms with van der Waals surface area (Å²) >= 11 is 0. The summed E-state index contributed by atoms with van der Waals surface area (Å²) in [5.41, 5.74) is -0.00820. The van der Waals surface area contributed by atoms with Crippen molar-refractivity contribution in [1.29, 1.82) is 0 Å². The zero-order valence-corrected chi connectivity index (χ0v) is 20.8. The van der Waals surface area contributed by atoms with Gasteiger partial charge in [0.15, 0.2) is 17.2 Å². The van der Waals surface area contributed by atoms with Crippen molar-refractivity contribution < 1.29 is 50.8 Å². The third kappa shape index (κ3) is 5.74. The summed E-state index contributed by atoms with van der Waals surface area (Å²) in [6.45, 7) is 3.37. The van der Waals surface area contributed by atoms with E-state index in [0.717, 1.165) is 0 Å². The number of hydrogen-bond acceptors (Lipinski definition) is 6. The lowest BCUT2D eigenvalue weighted by atomic mass is 9.93. The molecule has 3 aromatic rings. The van der Waals surface area contributed by atoms with E-state index in [-0.39, 0.29) is 54.4 Å². The van der Waals surface area contributed by atoms with E-state index in [9.17, 15) is 26.7 Å². The number of carbonyl (C=O) groups is 1. The second-order valence-electron chi connectivity index (χ2n) is 9.27. The van der Waals surface area contributed by atoms with Crippen molar-refractivity contribution in [1.82, 2.24) is 9.78 Å². The Morgan fingerprint density at radius 2 is 1.95 bits per heavy atom. The molecular formula is C27H23F5N2O6. The van der Waals surface area contributed by atoms with Gasteiger partial charge in [0.1, 0.15) is 12.4 Å². The average molecular weight is 566 g/mol. The highest BCUT2D eigenvalue weighted by molar-refractivity contribution is 5.85. The number of carboxylic acid groups (broad SMARTS) is 1. The van der Waals surface area contributed by atoms with Gasteiger partial charge in [-0.05, 0) is 49.1 Å². The van der Waals surface area contributed by atoms with Gasteiger partial charge in [0, 0.05) is 23.6 Å². The molecule has 1 aliphatic carbocycles. The van der Waals surface area contributed by atoms with Crippen LogP contribution in [0.2, 0.25) is 0 Å². The average Bonchev–Trinajstić information content (AvgIpc) is 3.44. The lowest BCUT2D eigenvalue weighted by molar-refractivity contribution is -0.286. The van der Waals surface area contributed by atoms with Crippen LogP contribution < -0.4 is 14.2 Å². The molecule has 0 radical (unpaired) electrons. The molecule has 2 aromatic carbocycles. The monoisotopic (exact) mass is 566 g/mol. The Morgan fingerprint density at radius 1 is 1.18 bits per heavy atom. The van der Waals surface area contributed by atoms with Crippen LogP contribution in [0.3, 0.4) is 0 Å². The van der Waals surface area contributed by atoms with Crippen molar-refractivity contribution in [3.05, 3.63) is 77.1 Å². The van der Waals surface area contributed by atoms with Crippen molar-refractivity contribution >= 4 is 5.97 Å². The number of aromatic nitrogens is 2. The molecule has 5 rings (SSSR count). The van der Waals surface area contributed by atoms with Crippen molar-refractivity contribution in [3.8, 4) is 22.9 Å². The lowest BCUT2D eigenvalue weighted by Crippen LogP contribution is -2.25. The molecule has 0 amide bonds. The minimum absolute atomic E-state index is 0.0161. The zero-order chi connectivity index (χ0) is 28.7. The number of fused-ring (bicyclic) bond motifs is 2. The molecule has 13 heteroatoms. The minimum atomic E-state index is -4.70. The Balaban J connectivity index is 1.39. The molecular weight excluding hydrogens is 543 g/mol. The van der Waals surface area contributed by atoms with Crippen LogP contribution in [0.1, 0.15) is 47.9 Å². The van der Waals surface area contributed by atoms with Crippen LogP contribution in [0.4, 0.5) is 22.0 Å². The van der Waals surface area contributed by atoms with E-state index in [1.165, 1.54) is 28.9 Å². The van der Waals surface area contributed by atoms with Gasteiger partial charge in [-0.3, -0.25) is 0 Å². The van der Waals surface area contributed by atoms with Crippen LogP contribution in [0.5, 0.6) is 17.2 Å². The molecule has 1 N–H and O–H groups in total. The Morgan fingerprint density at radius 3 is 2.70 bits per heavy atom. The maximum absolute atomic E-state index is 13.9. The summed E-state index contributed by atoms with van der Waals surface area (Å²) < 4.78 is 90.0. The molecule has 0 bridgehead atoms. The number of rotatable bonds is 9. The van der Waals surface area contributed by atoms with E-state index in [1.807, 2.05) is 0 Å². The third-order valence-corrected chi connectivity index (χ3v) is 6.45. The molecule has 0 saturated heterocycles. The summed E-state index contributed by atoms with van der Waals surface area (Å²) in [6, 6.07) is 10.5. The third-order valence-electron chi connectivity index (χ3n) is 6.45. The minimum Gasteiger partial charge on any atom is -0.489 e. The predicted octanol–water partition coefficient (Wildman–Crippen LogP) is 6.22. The van der Waals surface area contributed by atoms with Gasteiger partial charge in [0.25, 0.3) is 0 Å². The Hall–Kier alpha value is -4.13. The molecule has 212 valence electrons. The second-order valence-corrected chi connectivity index (χ2v) is 9.27. The highest BCUT2D eigenvalue weighted by atomic mass is 19.4. The molecule has 0 fully saturated rings. The summed E-state index contributed by atoms with van der Waals surface area (Å²) in [5.74, 6) is -1.12. The van der Waals surface area contributed by atoms with E-state index in [2.05, 4.69) is 21.2 Å². The summed E-state index contributed by atoms with van der Waals surface area (Å²) in [6.07, 6.45) is -8.15. The topological polar surface area (TPSA) is 92.0 Å². The van der Waals surface area contributed by atoms with Gasteiger partial charge >= 0.3 is 18.4 Å². The van der Waals surface area contributed by atoms with Gasteiger partial charge in [0.05, 0.1) is 24.1 Å². The van der Waals surface area contributed by atoms with Gasteiger partial charge in [-0.15, -0.1) is 8.78 Å². The Kier molecular flexibility index (Phi) is 7.17. The summed E-state index contributed by atoms with van der Waals surface area (Å²) in [4.78, 5) is 11.0. The molecule has 1 unspecified atom stereocenters. The lowest BCUT2D eigenvalue weighted by Gasteiger charge is -2.25. The number of ether oxygens (including phenoxy) is 4. The van der Waals surface area contributed by atoms with E-state index in [0.29, 0.717) is 29.8 Å². The van der Waals surface area contributed by atoms with Crippen LogP contribution in [0.15, 0.2) is 54.6 Å². The smallest absolute Gasteiger partial charge is 0.489 e. The Bertz CT molecular complexity index is 1450. The van der Waals surface area contributed by atoms with E-state index >= 15 is 0 Å².